The van der Waals surface area contributed by atoms with Gasteiger partial charge in [-0.25, -0.2) is 14.8 Å². The third-order valence-electron chi connectivity index (χ3n) is 6.12. The molecule has 1 aromatic heterocycles. The molecule has 1 unspecified atom stereocenters. The van der Waals surface area contributed by atoms with Gasteiger partial charge in [-0.15, -0.1) is 0 Å². The minimum absolute atomic E-state index is 0.0291. The second-order valence-electron chi connectivity index (χ2n) is 8.51. The largest absolute Gasteiger partial charge is 0.478 e. The summed E-state index contributed by atoms with van der Waals surface area (Å²) in [5.41, 5.74) is 4.55. The number of carboxylic acid groups (broad SMARTS) is 1. The Hall–Kier alpha value is -3.99. The lowest BCUT2D eigenvalue weighted by Crippen LogP contribution is -2.35. The van der Waals surface area contributed by atoms with Crippen LogP contribution in [0.1, 0.15) is 64.6 Å². The number of carbonyl (C=O) groups is 2. The van der Waals surface area contributed by atoms with Gasteiger partial charge in [0.05, 0.1) is 28.3 Å². The number of aryl methyl sites for hydroxylation is 1. The van der Waals surface area contributed by atoms with E-state index in [1.54, 1.807) is 36.2 Å². The highest BCUT2D eigenvalue weighted by molar-refractivity contribution is 5.94. The highest BCUT2D eigenvalue weighted by Gasteiger charge is 2.29. The van der Waals surface area contributed by atoms with Crippen molar-refractivity contribution >= 4 is 28.6 Å². The van der Waals surface area contributed by atoms with E-state index in [9.17, 15) is 20.0 Å². The first-order valence-electron chi connectivity index (χ1n) is 10.8. The van der Waals surface area contributed by atoms with Crippen LogP contribution in [0.15, 0.2) is 36.4 Å². The van der Waals surface area contributed by atoms with Gasteiger partial charge < -0.3 is 15.3 Å². The van der Waals surface area contributed by atoms with E-state index in [1.807, 2.05) is 26.0 Å². The van der Waals surface area contributed by atoms with E-state index in [2.05, 4.69) is 16.4 Å². The minimum Gasteiger partial charge on any atom is -0.478 e. The summed E-state index contributed by atoms with van der Waals surface area (Å²) in [7, 11) is 1.78. The molecular formula is C25H25N5O3. The van der Waals surface area contributed by atoms with E-state index >= 15 is 0 Å². The molecule has 0 radical (unpaired) electrons. The highest BCUT2D eigenvalue weighted by Crippen LogP contribution is 2.33. The number of nitriles is 1. The lowest BCUT2D eigenvalue weighted by molar-refractivity contribution is -0.132. The summed E-state index contributed by atoms with van der Waals surface area (Å²) in [6.07, 6.45) is 1.02. The molecule has 3 aromatic rings. The Bertz CT molecular complexity index is 1300. The van der Waals surface area contributed by atoms with Gasteiger partial charge in [-0.1, -0.05) is 18.2 Å². The molecule has 1 fully saturated rings. The molecule has 1 amide bonds. The van der Waals surface area contributed by atoms with Crippen LogP contribution in [0.3, 0.4) is 0 Å². The molecule has 0 spiro atoms. The number of piperidine rings is 1. The molecule has 0 bridgehead atoms. The van der Waals surface area contributed by atoms with Crippen molar-refractivity contribution in [3.05, 3.63) is 64.5 Å². The normalized spacial score (nSPS) is 17.0. The zero-order valence-corrected chi connectivity index (χ0v) is 18.8. The average Bonchev–Trinajstić information content (AvgIpc) is 2.79. The van der Waals surface area contributed by atoms with Crippen molar-refractivity contribution in [1.82, 2.24) is 14.9 Å². The summed E-state index contributed by atoms with van der Waals surface area (Å²) in [6, 6.07) is 12.5. The molecular weight excluding hydrogens is 418 g/mol. The van der Waals surface area contributed by atoms with Crippen molar-refractivity contribution in [3.8, 4) is 6.07 Å². The van der Waals surface area contributed by atoms with Gasteiger partial charge >= 0.3 is 5.97 Å². The lowest BCUT2D eigenvalue weighted by atomic mass is 9.91. The SMILES string of the molecule is Cc1cc([C@@H](C)Nc2ccccc2C(=O)O)c2nc(C3CCN(C)C(=O)C3)c(C#N)nc2c1. The maximum absolute atomic E-state index is 12.3. The van der Waals surface area contributed by atoms with Crippen molar-refractivity contribution in [1.29, 1.82) is 5.26 Å². The first-order chi connectivity index (χ1) is 15.8. The number of aromatic nitrogens is 2. The van der Waals surface area contributed by atoms with Crippen LogP contribution in [0.5, 0.6) is 0 Å². The molecule has 2 heterocycles. The number of anilines is 1. The zero-order chi connectivity index (χ0) is 23.7. The van der Waals surface area contributed by atoms with Crippen molar-refractivity contribution in [3.63, 3.8) is 0 Å². The van der Waals surface area contributed by atoms with Crippen LogP contribution in [0.25, 0.3) is 11.0 Å². The number of para-hydroxylation sites is 1. The number of carbonyl (C=O) groups excluding carboxylic acids is 1. The molecule has 1 aliphatic rings. The summed E-state index contributed by atoms with van der Waals surface area (Å²) in [6.45, 7) is 4.49. The van der Waals surface area contributed by atoms with Gasteiger partial charge in [0, 0.05) is 37.2 Å². The van der Waals surface area contributed by atoms with E-state index in [4.69, 9.17) is 4.98 Å². The first kappa shape index (κ1) is 22.2. The quantitative estimate of drug-likeness (QED) is 0.611. The maximum Gasteiger partial charge on any atom is 0.337 e. The Morgan fingerprint density at radius 2 is 2.06 bits per heavy atom. The van der Waals surface area contributed by atoms with E-state index in [0.29, 0.717) is 35.4 Å². The minimum atomic E-state index is -1.01. The first-order valence-corrected chi connectivity index (χ1v) is 10.8. The number of fused-ring (bicyclic) bond motifs is 1. The Labute approximate surface area is 191 Å². The molecule has 168 valence electrons. The van der Waals surface area contributed by atoms with Crippen molar-refractivity contribution in [2.45, 2.75) is 38.6 Å². The molecule has 0 saturated carbocycles. The highest BCUT2D eigenvalue weighted by atomic mass is 16.4. The molecule has 0 aliphatic carbocycles. The average molecular weight is 444 g/mol. The lowest BCUT2D eigenvalue weighted by Gasteiger charge is -2.29. The summed E-state index contributed by atoms with van der Waals surface area (Å²) in [5.74, 6) is -1.14. The van der Waals surface area contributed by atoms with Gasteiger partial charge in [0.15, 0.2) is 5.69 Å². The van der Waals surface area contributed by atoms with Crippen molar-refractivity contribution in [2.24, 2.45) is 0 Å². The summed E-state index contributed by atoms with van der Waals surface area (Å²) >= 11 is 0. The molecule has 2 N–H and O–H groups in total. The van der Waals surface area contributed by atoms with Crippen molar-refractivity contribution < 1.29 is 14.7 Å². The number of aromatic carboxylic acids is 1. The third kappa shape index (κ3) is 4.35. The molecule has 33 heavy (non-hydrogen) atoms. The molecule has 2 atom stereocenters. The summed E-state index contributed by atoms with van der Waals surface area (Å²) in [4.78, 5) is 35.1. The Morgan fingerprint density at radius 3 is 2.76 bits per heavy atom. The molecule has 1 saturated heterocycles. The van der Waals surface area contributed by atoms with Gasteiger partial charge in [0.25, 0.3) is 0 Å². The fourth-order valence-electron chi connectivity index (χ4n) is 4.33. The number of hydrogen-bond acceptors (Lipinski definition) is 6. The number of rotatable bonds is 5. The van der Waals surface area contributed by atoms with Gasteiger partial charge in [-0.2, -0.15) is 5.26 Å². The third-order valence-corrected chi connectivity index (χ3v) is 6.12. The van der Waals surface area contributed by atoms with Crippen LogP contribution in [0.2, 0.25) is 0 Å². The fraction of sp³-hybridized carbons (Fsp3) is 0.320. The van der Waals surface area contributed by atoms with Gasteiger partial charge in [0.2, 0.25) is 5.91 Å². The van der Waals surface area contributed by atoms with Crippen LogP contribution < -0.4 is 5.32 Å². The summed E-state index contributed by atoms with van der Waals surface area (Å²) < 4.78 is 0. The van der Waals surface area contributed by atoms with Gasteiger partial charge in [-0.3, -0.25) is 4.79 Å². The smallest absolute Gasteiger partial charge is 0.337 e. The topological polar surface area (TPSA) is 119 Å². The molecule has 1 aliphatic heterocycles. The Morgan fingerprint density at radius 1 is 1.30 bits per heavy atom. The number of benzene rings is 2. The van der Waals surface area contributed by atoms with E-state index in [1.165, 1.54) is 0 Å². The second kappa shape index (κ2) is 8.87. The van der Waals surface area contributed by atoms with Crippen LogP contribution >= 0.6 is 0 Å². The van der Waals surface area contributed by atoms with Gasteiger partial charge in [-0.05, 0) is 44.0 Å². The van der Waals surface area contributed by atoms with E-state index in [-0.39, 0.29) is 29.1 Å². The zero-order valence-electron chi connectivity index (χ0n) is 18.8. The molecule has 4 rings (SSSR count). The predicted molar refractivity (Wildman–Crippen MR) is 124 cm³/mol. The fourth-order valence-corrected chi connectivity index (χ4v) is 4.33. The number of nitrogens with one attached hydrogen (secondary N) is 1. The Kier molecular flexibility index (Phi) is 5.97. The van der Waals surface area contributed by atoms with Crippen LogP contribution in [-0.2, 0) is 4.79 Å². The Balaban J connectivity index is 1.79. The maximum atomic E-state index is 12.3. The number of carboxylic acids is 1. The van der Waals surface area contributed by atoms with Gasteiger partial charge in [0.1, 0.15) is 6.07 Å². The number of likely N-dealkylation sites (tertiary alicyclic amines) is 1. The molecule has 8 nitrogen and oxygen atoms in total. The van der Waals surface area contributed by atoms with E-state index < -0.39 is 5.97 Å². The predicted octanol–water partition coefficient (Wildman–Crippen LogP) is 4.02. The van der Waals surface area contributed by atoms with Crippen LogP contribution in [0.4, 0.5) is 5.69 Å². The molecule has 2 aromatic carbocycles. The molecule has 8 heteroatoms. The van der Waals surface area contributed by atoms with Crippen LogP contribution in [0, 0.1) is 18.3 Å². The number of amides is 1. The monoisotopic (exact) mass is 443 g/mol. The van der Waals surface area contributed by atoms with Crippen LogP contribution in [-0.4, -0.2) is 45.4 Å². The standard InChI is InChI=1S/C25H25N5O3/c1-14-10-18(15(2)27-19-7-5-4-6-17(19)25(32)33)24-20(11-14)28-21(13-26)23(29-24)16-8-9-30(3)22(31)12-16/h4-7,10-11,15-16,27H,8-9,12H2,1-3H3,(H,32,33)/t15-,16?/m1/s1. The number of nitrogens with zero attached hydrogens (tertiary/aromatic N) is 4. The summed E-state index contributed by atoms with van der Waals surface area (Å²) in [5, 5.41) is 22.5. The van der Waals surface area contributed by atoms with E-state index in [0.717, 1.165) is 17.5 Å². The second-order valence-corrected chi connectivity index (χ2v) is 8.51. The number of hydrogen-bond donors (Lipinski definition) is 2. The van der Waals surface area contributed by atoms with Crippen molar-refractivity contribution in [2.75, 3.05) is 18.9 Å².